The lowest BCUT2D eigenvalue weighted by atomic mass is 9.97. The summed E-state index contributed by atoms with van der Waals surface area (Å²) in [5, 5.41) is 17.7. The molecule has 19 heavy (non-hydrogen) atoms. The third kappa shape index (κ3) is 10.7. The molecule has 0 spiro atoms. The molecule has 0 aromatic rings. The number of esters is 1. The summed E-state index contributed by atoms with van der Waals surface area (Å²) >= 11 is 0. The van der Waals surface area contributed by atoms with Crippen molar-refractivity contribution in [1.82, 2.24) is 0 Å². The van der Waals surface area contributed by atoms with Crippen LogP contribution in [0.15, 0.2) is 12.7 Å². The van der Waals surface area contributed by atoms with E-state index in [9.17, 15) is 4.79 Å². The van der Waals surface area contributed by atoms with Crippen LogP contribution in [0.3, 0.4) is 0 Å². The molecular weight excluding hydrogens is 244 g/mol. The molecule has 0 radical (unpaired) electrons. The molecule has 0 aliphatic carbocycles. The maximum absolute atomic E-state index is 11.5. The highest BCUT2D eigenvalue weighted by molar-refractivity contribution is 5.69. The molecule has 0 aromatic heterocycles. The van der Waals surface area contributed by atoms with Crippen molar-refractivity contribution in [3.05, 3.63) is 12.7 Å². The number of hydrogen-bond acceptors (Lipinski definition) is 4. The van der Waals surface area contributed by atoms with Gasteiger partial charge in [0.05, 0.1) is 13.0 Å². The summed E-state index contributed by atoms with van der Waals surface area (Å²) in [6.45, 7) is 5.39. The monoisotopic (exact) mass is 272 g/mol. The van der Waals surface area contributed by atoms with Gasteiger partial charge in [-0.25, -0.2) is 0 Å². The third-order valence-corrected chi connectivity index (χ3v) is 3.09. The summed E-state index contributed by atoms with van der Waals surface area (Å²) in [5.41, 5.74) is 0. The van der Waals surface area contributed by atoms with Gasteiger partial charge in [0.1, 0.15) is 12.7 Å². The molecule has 0 bridgehead atoms. The van der Waals surface area contributed by atoms with Gasteiger partial charge in [0.2, 0.25) is 0 Å². The summed E-state index contributed by atoms with van der Waals surface area (Å²) in [4.78, 5) is 11.5. The SMILES string of the molecule is C=CC(CCCCCCC)CC(=O)OCC(O)CO. The van der Waals surface area contributed by atoms with Gasteiger partial charge in [0, 0.05) is 0 Å². The molecule has 4 heteroatoms. The summed E-state index contributed by atoms with van der Waals surface area (Å²) in [5.74, 6) is -0.202. The molecule has 2 atom stereocenters. The molecule has 112 valence electrons. The van der Waals surface area contributed by atoms with Gasteiger partial charge >= 0.3 is 5.97 Å². The van der Waals surface area contributed by atoms with Crippen LogP contribution in [0.5, 0.6) is 0 Å². The van der Waals surface area contributed by atoms with Crippen molar-refractivity contribution in [2.45, 2.75) is 58.0 Å². The quantitative estimate of drug-likeness (QED) is 0.325. The highest BCUT2D eigenvalue weighted by atomic mass is 16.5. The Balaban J connectivity index is 3.72. The summed E-state index contributed by atoms with van der Waals surface area (Å²) < 4.78 is 4.88. The van der Waals surface area contributed by atoms with E-state index in [-0.39, 0.29) is 18.5 Å². The number of aliphatic hydroxyl groups is 2. The normalized spacial score (nSPS) is 13.8. The number of carbonyl (C=O) groups excluding carboxylic acids is 1. The molecule has 2 N–H and O–H groups in total. The number of rotatable bonds is 12. The maximum atomic E-state index is 11.5. The molecule has 0 rings (SSSR count). The minimum atomic E-state index is -0.986. The van der Waals surface area contributed by atoms with Crippen LogP contribution in [0.4, 0.5) is 0 Å². The van der Waals surface area contributed by atoms with Gasteiger partial charge in [-0.1, -0.05) is 45.1 Å². The van der Waals surface area contributed by atoms with Crippen molar-refractivity contribution in [2.24, 2.45) is 5.92 Å². The van der Waals surface area contributed by atoms with E-state index >= 15 is 0 Å². The Morgan fingerprint density at radius 2 is 2.00 bits per heavy atom. The Kier molecular flexibility index (Phi) is 11.6. The van der Waals surface area contributed by atoms with Crippen LogP contribution in [0.25, 0.3) is 0 Å². The van der Waals surface area contributed by atoms with Crippen LogP contribution in [-0.4, -0.2) is 35.5 Å². The molecular formula is C15H28O4. The molecule has 4 nitrogen and oxygen atoms in total. The second kappa shape index (κ2) is 12.2. The lowest BCUT2D eigenvalue weighted by molar-refractivity contribution is -0.148. The van der Waals surface area contributed by atoms with Crippen molar-refractivity contribution in [3.8, 4) is 0 Å². The Labute approximate surface area is 116 Å². The van der Waals surface area contributed by atoms with Gasteiger partial charge in [0.15, 0.2) is 0 Å². The van der Waals surface area contributed by atoms with Gasteiger partial charge in [-0.15, -0.1) is 6.58 Å². The van der Waals surface area contributed by atoms with E-state index in [1.165, 1.54) is 25.7 Å². The van der Waals surface area contributed by atoms with E-state index in [1.807, 2.05) is 0 Å². The van der Waals surface area contributed by atoms with E-state index in [2.05, 4.69) is 13.5 Å². The second-order valence-electron chi connectivity index (χ2n) is 4.92. The molecule has 0 amide bonds. The van der Waals surface area contributed by atoms with Crippen LogP contribution in [0.1, 0.15) is 51.9 Å². The Morgan fingerprint density at radius 3 is 2.58 bits per heavy atom. The lowest BCUT2D eigenvalue weighted by Gasteiger charge is -2.13. The van der Waals surface area contributed by atoms with E-state index in [4.69, 9.17) is 14.9 Å². The number of hydrogen-bond donors (Lipinski definition) is 2. The predicted molar refractivity (Wildman–Crippen MR) is 75.7 cm³/mol. The zero-order valence-corrected chi connectivity index (χ0v) is 12.0. The van der Waals surface area contributed by atoms with E-state index in [0.29, 0.717) is 6.42 Å². The first kappa shape index (κ1) is 18.1. The molecule has 0 aliphatic heterocycles. The molecule has 0 fully saturated rings. The second-order valence-corrected chi connectivity index (χ2v) is 4.92. The van der Waals surface area contributed by atoms with Crippen LogP contribution in [0.2, 0.25) is 0 Å². The fourth-order valence-corrected chi connectivity index (χ4v) is 1.83. The first-order chi connectivity index (χ1) is 9.13. The van der Waals surface area contributed by atoms with Gasteiger partial charge in [-0.3, -0.25) is 4.79 Å². The number of ether oxygens (including phenoxy) is 1. The first-order valence-corrected chi connectivity index (χ1v) is 7.21. The highest BCUT2D eigenvalue weighted by Gasteiger charge is 2.13. The average molecular weight is 272 g/mol. The minimum absolute atomic E-state index is 0.139. The number of allylic oxidation sites excluding steroid dienone is 1. The van der Waals surface area contributed by atoms with Crippen molar-refractivity contribution in [3.63, 3.8) is 0 Å². The molecule has 2 unspecified atom stereocenters. The van der Waals surface area contributed by atoms with Gasteiger partial charge in [0.25, 0.3) is 0 Å². The predicted octanol–water partition coefficient (Wildman–Crippen LogP) is 2.44. The van der Waals surface area contributed by atoms with E-state index in [0.717, 1.165) is 12.8 Å². The van der Waals surface area contributed by atoms with Crippen molar-refractivity contribution >= 4 is 5.97 Å². The largest absolute Gasteiger partial charge is 0.463 e. The van der Waals surface area contributed by atoms with Gasteiger partial charge < -0.3 is 14.9 Å². The topological polar surface area (TPSA) is 66.8 Å². The molecule has 0 aliphatic rings. The maximum Gasteiger partial charge on any atom is 0.306 e. The van der Waals surface area contributed by atoms with Crippen LogP contribution in [0, 0.1) is 5.92 Å². The number of aliphatic hydroxyl groups excluding tert-OH is 2. The molecule has 0 saturated carbocycles. The third-order valence-electron chi connectivity index (χ3n) is 3.09. The van der Waals surface area contributed by atoms with Crippen LogP contribution < -0.4 is 0 Å². The van der Waals surface area contributed by atoms with Crippen molar-refractivity contribution in [1.29, 1.82) is 0 Å². The zero-order valence-electron chi connectivity index (χ0n) is 12.0. The van der Waals surface area contributed by atoms with Crippen LogP contribution >= 0.6 is 0 Å². The first-order valence-electron chi connectivity index (χ1n) is 7.21. The standard InChI is InChI=1S/C15H28O4/c1-3-5-6-7-8-9-13(4-2)10-15(18)19-12-14(17)11-16/h4,13-14,16-17H,2-3,5-12H2,1H3. The Bertz CT molecular complexity index is 240. The summed E-state index contributed by atoms with van der Waals surface area (Å²) in [6, 6.07) is 0. The smallest absolute Gasteiger partial charge is 0.306 e. The van der Waals surface area contributed by atoms with Crippen LogP contribution in [-0.2, 0) is 9.53 Å². The summed E-state index contributed by atoms with van der Waals surface area (Å²) in [6.07, 6.45) is 8.08. The number of unbranched alkanes of at least 4 members (excludes halogenated alkanes) is 4. The fourth-order valence-electron chi connectivity index (χ4n) is 1.83. The zero-order chi connectivity index (χ0) is 14.5. The minimum Gasteiger partial charge on any atom is -0.463 e. The summed E-state index contributed by atoms with van der Waals surface area (Å²) in [7, 11) is 0. The van der Waals surface area contributed by atoms with Crippen molar-refractivity contribution in [2.75, 3.05) is 13.2 Å². The van der Waals surface area contributed by atoms with Crippen molar-refractivity contribution < 1.29 is 19.7 Å². The van der Waals surface area contributed by atoms with E-state index < -0.39 is 12.7 Å². The number of carbonyl (C=O) groups is 1. The molecule has 0 saturated heterocycles. The van der Waals surface area contributed by atoms with Gasteiger partial charge in [-0.05, 0) is 12.3 Å². The lowest BCUT2D eigenvalue weighted by Crippen LogP contribution is -2.22. The highest BCUT2D eigenvalue weighted by Crippen LogP contribution is 2.16. The van der Waals surface area contributed by atoms with Gasteiger partial charge in [-0.2, -0.15) is 0 Å². The molecule has 0 aromatic carbocycles. The molecule has 0 heterocycles. The van der Waals surface area contributed by atoms with E-state index in [1.54, 1.807) is 6.08 Å². The Morgan fingerprint density at radius 1 is 1.32 bits per heavy atom. The Hall–Kier alpha value is -0.870. The fraction of sp³-hybridized carbons (Fsp3) is 0.800. The average Bonchev–Trinajstić information content (AvgIpc) is 2.43.